The fourth-order valence-electron chi connectivity index (χ4n) is 3.04. The van der Waals surface area contributed by atoms with Gasteiger partial charge in [-0.2, -0.15) is 0 Å². The highest BCUT2D eigenvalue weighted by atomic mass is 19.1. The lowest BCUT2D eigenvalue weighted by atomic mass is 9.63. The molecule has 0 atom stereocenters. The Morgan fingerprint density at radius 3 is 2.57 bits per heavy atom. The topological polar surface area (TPSA) is 49.3 Å². The third-order valence-electron chi connectivity index (χ3n) is 4.83. The lowest BCUT2D eigenvalue weighted by Gasteiger charge is -2.41. The van der Waals surface area contributed by atoms with Gasteiger partial charge in [-0.25, -0.2) is 8.78 Å². The number of carbonyl (C=O) groups excluding carboxylic acids is 1. The maximum Gasteiger partial charge on any atom is 0.230 e. The van der Waals surface area contributed by atoms with Crippen LogP contribution in [-0.4, -0.2) is 24.2 Å². The number of nitrogens with one attached hydrogen (secondary N) is 1. The molecule has 0 radical (unpaired) electrons. The Morgan fingerprint density at radius 1 is 1.35 bits per heavy atom. The van der Waals surface area contributed by atoms with Gasteiger partial charge in [0.15, 0.2) is 0 Å². The predicted molar refractivity (Wildman–Crippen MR) is 85.0 cm³/mol. The van der Waals surface area contributed by atoms with Gasteiger partial charge in [0.2, 0.25) is 5.91 Å². The Morgan fingerprint density at radius 2 is 2.04 bits per heavy atom. The third-order valence-corrected chi connectivity index (χ3v) is 4.83. The van der Waals surface area contributed by atoms with Crippen LogP contribution >= 0.6 is 0 Å². The van der Waals surface area contributed by atoms with Gasteiger partial charge in [0.05, 0.1) is 5.41 Å². The van der Waals surface area contributed by atoms with Crippen molar-refractivity contribution >= 4 is 5.91 Å². The van der Waals surface area contributed by atoms with Gasteiger partial charge in [0, 0.05) is 24.8 Å². The first-order valence-corrected chi connectivity index (χ1v) is 8.15. The molecule has 1 fully saturated rings. The van der Waals surface area contributed by atoms with E-state index in [1.165, 1.54) is 12.1 Å². The molecular formula is C18H25F2NO2. The molecule has 0 bridgehead atoms. The molecule has 1 aliphatic carbocycles. The van der Waals surface area contributed by atoms with Crippen LogP contribution in [0.3, 0.4) is 0 Å². The van der Waals surface area contributed by atoms with E-state index in [0.717, 1.165) is 25.3 Å². The molecule has 2 N–H and O–H groups in total. The standard InChI is InChI=1S/C18H25F2NO2/c1-17(2,12-22)7-4-10-21-16(23)18(8-3-9-18)14-6-5-13(19)11-15(14)20/h5-6,11,22H,3-4,7-10,12H2,1-2H3,(H,21,23). The van der Waals surface area contributed by atoms with E-state index < -0.39 is 17.0 Å². The zero-order valence-corrected chi connectivity index (χ0v) is 13.8. The van der Waals surface area contributed by atoms with Crippen LogP contribution in [0, 0.1) is 17.0 Å². The fourth-order valence-corrected chi connectivity index (χ4v) is 3.04. The second-order valence-corrected chi connectivity index (χ2v) is 7.24. The van der Waals surface area contributed by atoms with Gasteiger partial charge in [0.1, 0.15) is 11.6 Å². The molecule has 0 aromatic heterocycles. The third kappa shape index (κ3) is 3.89. The molecule has 1 saturated carbocycles. The summed E-state index contributed by atoms with van der Waals surface area (Å²) in [5, 5.41) is 12.1. The molecule has 0 heterocycles. The second-order valence-electron chi connectivity index (χ2n) is 7.24. The van der Waals surface area contributed by atoms with Crippen LogP contribution in [0.4, 0.5) is 8.78 Å². The highest BCUT2D eigenvalue weighted by Crippen LogP contribution is 2.45. The highest BCUT2D eigenvalue weighted by molar-refractivity contribution is 5.89. The molecule has 23 heavy (non-hydrogen) atoms. The van der Waals surface area contributed by atoms with Crippen molar-refractivity contribution in [2.24, 2.45) is 5.41 Å². The van der Waals surface area contributed by atoms with Crippen LogP contribution in [0.15, 0.2) is 18.2 Å². The number of aliphatic hydroxyl groups excluding tert-OH is 1. The van der Waals surface area contributed by atoms with Gasteiger partial charge >= 0.3 is 0 Å². The summed E-state index contributed by atoms with van der Waals surface area (Å²) in [6.07, 6.45) is 3.58. The molecule has 1 aliphatic rings. The van der Waals surface area contributed by atoms with E-state index >= 15 is 0 Å². The minimum absolute atomic E-state index is 0.103. The van der Waals surface area contributed by atoms with Gasteiger partial charge in [-0.1, -0.05) is 26.3 Å². The summed E-state index contributed by atoms with van der Waals surface area (Å²) in [4.78, 5) is 12.6. The summed E-state index contributed by atoms with van der Waals surface area (Å²) < 4.78 is 27.2. The molecule has 0 unspecified atom stereocenters. The van der Waals surface area contributed by atoms with Crippen LogP contribution in [0.2, 0.25) is 0 Å². The van der Waals surface area contributed by atoms with Crippen LogP contribution in [0.25, 0.3) is 0 Å². The summed E-state index contributed by atoms with van der Waals surface area (Å²) in [6.45, 7) is 4.53. The normalized spacial score (nSPS) is 16.7. The van der Waals surface area contributed by atoms with Gasteiger partial charge < -0.3 is 10.4 Å². The minimum atomic E-state index is -0.857. The lowest BCUT2D eigenvalue weighted by Crippen LogP contribution is -2.50. The van der Waals surface area contributed by atoms with Crippen molar-refractivity contribution in [3.63, 3.8) is 0 Å². The summed E-state index contributed by atoms with van der Waals surface area (Å²) >= 11 is 0. The second kappa shape index (κ2) is 6.95. The van der Waals surface area contributed by atoms with Crippen molar-refractivity contribution in [3.05, 3.63) is 35.4 Å². The zero-order valence-electron chi connectivity index (χ0n) is 13.8. The van der Waals surface area contributed by atoms with Crippen LogP contribution in [0.1, 0.15) is 51.5 Å². The average Bonchev–Trinajstić information content (AvgIpc) is 2.44. The molecule has 3 nitrogen and oxygen atoms in total. The Kier molecular flexibility index (Phi) is 5.40. The van der Waals surface area contributed by atoms with E-state index in [9.17, 15) is 18.7 Å². The molecule has 0 saturated heterocycles. The fraction of sp³-hybridized carbons (Fsp3) is 0.611. The molecule has 1 aromatic carbocycles. The molecule has 0 aliphatic heterocycles. The summed E-state index contributed by atoms with van der Waals surface area (Å²) in [6, 6.07) is 3.43. The van der Waals surface area contributed by atoms with Crippen molar-refractivity contribution in [2.45, 2.75) is 51.4 Å². The van der Waals surface area contributed by atoms with E-state index in [1.54, 1.807) is 0 Å². The Hall–Kier alpha value is -1.49. The monoisotopic (exact) mass is 325 g/mol. The first kappa shape index (κ1) is 17.9. The molecule has 128 valence electrons. The quantitative estimate of drug-likeness (QED) is 0.756. The van der Waals surface area contributed by atoms with Crippen LogP contribution < -0.4 is 5.32 Å². The average molecular weight is 325 g/mol. The Bertz CT molecular complexity index is 568. The first-order valence-electron chi connectivity index (χ1n) is 8.15. The number of aliphatic hydroxyl groups is 1. The van der Waals surface area contributed by atoms with Gasteiger partial charge in [-0.15, -0.1) is 0 Å². The largest absolute Gasteiger partial charge is 0.396 e. The van der Waals surface area contributed by atoms with E-state index in [2.05, 4.69) is 5.32 Å². The van der Waals surface area contributed by atoms with Crippen LogP contribution in [0.5, 0.6) is 0 Å². The highest BCUT2D eigenvalue weighted by Gasteiger charge is 2.47. The number of hydrogen-bond donors (Lipinski definition) is 2. The van der Waals surface area contributed by atoms with Gasteiger partial charge in [-0.3, -0.25) is 4.79 Å². The Labute approximate surface area is 136 Å². The van der Waals surface area contributed by atoms with Crippen molar-refractivity contribution < 1.29 is 18.7 Å². The van der Waals surface area contributed by atoms with Gasteiger partial charge in [0.25, 0.3) is 0 Å². The van der Waals surface area contributed by atoms with Gasteiger partial charge in [-0.05, 0) is 37.2 Å². The van der Waals surface area contributed by atoms with Crippen molar-refractivity contribution in [1.82, 2.24) is 5.32 Å². The van der Waals surface area contributed by atoms with Crippen molar-refractivity contribution in [3.8, 4) is 0 Å². The molecule has 5 heteroatoms. The van der Waals surface area contributed by atoms with E-state index in [-0.39, 0.29) is 17.9 Å². The maximum atomic E-state index is 14.1. The van der Waals surface area contributed by atoms with Crippen molar-refractivity contribution in [1.29, 1.82) is 0 Å². The molecule has 1 aromatic rings. The molecule has 2 rings (SSSR count). The summed E-state index contributed by atoms with van der Waals surface area (Å²) in [5.41, 5.74) is -0.731. The smallest absolute Gasteiger partial charge is 0.230 e. The zero-order chi connectivity index (χ0) is 17.1. The number of amides is 1. The molecule has 0 spiro atoms. The van der Waals surface area contributed by atoms with E-state index in [4.69, 9.17) is 0 Å². The van der Waals surface area contributed by atoms with E-state index in [1.807, 2.05) is 13.8 Å². The number of carbonyl (C=O) groups is 1. The summed E-state index contributed by atoms with van der Waals surface area (Å²) in [7, 11) is 0. The lowest BCUT2D eigenvalue weighted by molar-refractivity contribution is -0.130. The first-order chi connectivity index (χ1) is 10.8. The van der Waals surface area contributed by atoms with Crippen LogP contribution in [-0.2, 0) is 10.2 Å². The minimum Gasteiger partial charge on any atom is -0.396 e. The summed E-state index contributed by atoms with van der Waals surface area (Å²) in [5.74, 6) is -1.47. The number of hydrogen-bond acceptors (Lipinski definition) is 2. The number of benzene rings is 1. The van der Waals surface area contributed by atoms with Crippen molar-refractivity contribution in [2.75, 3.05) is 13.2 Å². The number of rotatable bonds is 7. The molecular weight excluding hydrogens is 300 g/mol. The predicted octanol–water partition coefficient (Wildman–Crippen LogP) is 3.30. The maximum absolute atomic E-state index is 14.1. The molecule has 1 amide bonds. The SMILES string of the molecule is CC(C)(CO)CCCNC(=O)C1(c2ccc(F)cc2F)CCC1. The Balaban J connectivity index is 1.99. The number of halogens is 2. The van der Waals surface area contributed by atoms with E-state index in [0.29, 0.717) is 24.9 Å².